The SMILES string of the molecule is Cc1ccccc1Cn1cc(CN[C@@H](C)C23CC4CC(CC(C4)C2)C3)c2ccccc21. The van der Waals surface area contributed by atoms with E-state index in [9.17, 15) is 0 Å². The molecule has 31 heavy (non-hydrogen) atoms. The minimum absolute atomic E-state index is 0.564. The minimum Gasteiger partial charge on any atom is -0.343 e. The van der Waals surface area contributed by atoms with E-state index in [-0.39, 0.29) is 0 Å². The molecule has 2 aromatic carbocycles. The highest BCUT2D eigenvalue weighted by atomic mass is 15.0. The van der Waals surface area contributed by atoms with E-state index in [4.69, 9.17) is 0 Å². The largest absolute Gasteiger partial charge is 0.343 e. The maximum atomic E-state index is 4.02. The Morgan fingerprint density at radius 2 is 1.55 bits per heavy atom. The molecule has 0 unspecified atom stereocenters. The smallest absolute Gasteiger partial charge is 0.0486 e. The molecule has 0 amide bonds. The van der Waals surface area contributed by atoms with Crippen molar-refractivity contribution in [2.45, 2.75) is 71.5 Å². The van der Waals surface area contributed by atoms with Gasteiger partial charge >= 0.3 is 0 Å². The fourth-order valence-corrected chi connectivity index (χ4v) is 7.75. The standard InChI is InChI=1S/C29H36N2/c1-20-7-3-4-8-25(20)18-31-19-26(27-9-5-6-10-28(27)31)17-30-21(2)29-14-22-11-23(15-29)13-24(12-22)16-29/h3-10,19,21-24,30H,11-18H2,1-2H3/t21-,22?,23?,24?,29?/m0/s1. The first-order chi connectivity index (χ1) is 15.1. The van der Waals surface area contributed by atoms with E-state index >= 15 is 0 Å². The lowest BCUT2D eigenvalue weighted by atomic mass is 9.48. The average molecular weight is 413 g/mol. The first-order valence-electron chi connectivity index (χ1n) is 12.4. The highest BCUT2D eigenvalue weighted by Crippen LogP contribution is 2.61. The number of nitrogens with one attached hydrogen (secondary N) is 1. The average Bonchev–Trinajstić information content (AvgIpc) is 3.10. The van der Waals surface area contributed by atoms with Crippen molar-refractivity contribution < 1.29 is 0 Å². The summed E-state index contributed by atoms with van der Waals surface area (Å²) in [5.74, 6) is 3.06. The molecule has 4 fully saturated rings. The molecule has 0 spiro atoms. The Labute approximate surface area is 187 Å². The topological polar surface area (TPSA) is 17.0 Å². The molecule has 2 heteroatoms. The fraction of sp³-hybridized carbons (Fsp3) is 0.517. The number of rotatable bonds is 6. The van der Waals surface area contributed by atoms with Gasteiger partial charge in [0.05, 0.1) is 0 Å². The maximum absolute atomic E-state index is 4.02. The first kappa shape index (κ1) is 19.6. The molecular weight excluding hydrogens is 376 g/mol. The summed E-state index contributed by atoms with van der Waals surface area (Å²) in [4.78, 5) is 0. The molecule has 4 aliphatic rings. The van der Waals surface area contributed by atoms with Gasteiger partial charge in [0, 0.05) is 36.2 Å². The van der Waals surface area contributed by atoms with E-state index < -0.39 is 0 Å². The molecular formula is C29H36N2. The number of benzene rings is 2. The second-order valence-corrected chi connectivity index (χ2v) is 11.1. The second-order valence-electron chi connectivity index (χ2n) is 11.1. The zero-order chi connectivity index (χ0) is 21.0. The predicted octanol–water partition coefficient (Wildman–Crippen LogP) is 6.69. The van der Waals surface area contributed by atoms with Gasteiger partial charge in [0.15, 0.2) is 0 Å². The number of nitrogens with zero attached hydrogens (tertiary/aromatic N) is 1. The predicted molar refractivity (Wildman–Crippen MR) is 129 cm³/mol. The van der Waals surface area contributed by atoms with Crippen LogP contribution in [0.2, 0.25) is 0 Å². The van der Waals surface area contributed by atoms with Gasteiger partial charge in [-0.1, -0.05) is 42.5 Å². The molecule has 0 saturated heterocycles. The van der Waals surface area contributed by atoms with E-state index in [1.807, 2.05) is 0 Å². The summed E-state index contributed by atoms with van der Waals surface area (Å²) >= 11 is 0. The van der Waals surface area contributed by atoms with Crippen LogP contribution in [0.3, 0.4) is 0 Å². The number of fused-ring (bicyclic) bond motifs is 1. The summed E-state index contributed by atoms with van der Waals surface area (Å²) < 4.78 is 2.45. The second kappa shape index (κ2) is 7.52. The number of para-hydroxylation sites is 1. The molecule has 4 bridgehead atoms. The van der Waals surface area contributed by atoms with Crippen molar-refractivity contribution in [3.8, 4) is 0 Å². The summed E-state index contributed by atoms with van der Waals surface area (Å²) in [5, 5.41) is 5.43. The molecule has 1 N–H and O–H groups in total. The van der Waals surface area contributed by atoms with Gasteiger partial charge in [-0.2, -0.15) is 0 Å². The van der Waals surface area contributed by atoms with Crippen LogP contribution < -0.4 is 5.32 Å². The molecule has 1 atom stereocenters. The molecule has 1 aromatic heterocycles. The van der Waals surface area contributed by atoms with Crippen molar-refractivity contribution in [3.63, 3.8) is 0 Å². The quantitative estimate of drug-likeness (QED) is 0.477. The van der Waals surface area contributed by atoms with Gasteiger partial charge < -0.3 is 9.88 Å². The number of aryl methyl sites for hydroxylation is 1. The van der Waals surface area contributed by atoms with Crippen molar-refractivity contribution >= 4 is 10.9 Å². The van der Waals surface area contributed by atoms with E-state index in [1.165, 1.54) is 66.1 Å². The van der Waals surface area contributed by atoms with Crippen molar-refractivity contribution in [3.05, 3.63) is 71.4 Å². The third-order valence-corrected chi connectivity index (χ3v) is 9.08. The van der Waals surface area contributed by atoms with Crippen LogP contribution >= 0.6 is 0 Å². The fourth-order valence-electron chi connectivity index (χ4n) is 7.75. The number of aromatic nitrogens is 1. The maximum Gasteiger partial charge on any atom is 0.0486 e. The Morgan fingerprint density at radius 3 is 2.26 bits per heavy atom. The molecule has 4 aliphatic carbocycles. The van der Waals surface area contributed by atoms with Gasteiger partial charge in [-0.3, -0.25) is 0 Å². The van der Waals surface area contributed by atoms with E-state index in [1.54, 1.807) is 0 Å². The summed E-state index contributed by atoms with van der Waals surface area (Å²) in [6, 6.07) is 18.3. The lowest BCUT2D eigenvalue weighted by Gasteiger charge is -2.59. The van der Waals surface area contributed by atoms with Gasteiger partial charge in [-0.25, -0.2) is 0 Å². The molecule has 162 valence electrons. The third-order valence-electron chi connectivity index (χ3n) is 9.08. The highest BCUT2D eigenvalue weighted by molar-refractivity contribution is 5.84. The molecule has 7 rings (SSSR count). The molecule has 0 radical (unpaired) electrons. The summed E-state index contributed by atoms with van der Waals surface area (Å²) in [7, 11) is 0. The molecule has 0 aliphatic heterocycles. The van der Waals surface area contributed by atoms with Crippen LogP contribution in [0.1, 0.15) is 62.1 Å². The van der Waals surface area contributed by atoms with E-state index in [0.717, 1.165) is 30.8 Å². The molecule has 3 aromatic rings. The summed E-state index contributed by atoms with van der Waals surface area (Å²) in [6.45, 7) is 6.62. The zero-order valence-electron chi connectivity index (χ0n) is 19.1. The van der Waals surface area contributed by atoms with Crippen LogP contribution in [-0.2, 0) is 13.1 Å². The zero-order valence-corrected chi connectivity index (χ0v) is 19.1. The Bertz CT molecular complexity index is 1060. The molecule has 4 saturated carbocycles. The van der Waals surface area contributed by atoms with Crippen LogP contribution in [-0.4, -0.2) is 10.6 Å². The number of hydrogen-bond donors (Lipinski definition) is 1. The Balaban J connectivity index is 1.23. The summed E-state index contributed by atoms with van der Waals surface area (Å²) in [6.07, 6.45) is 11.4. The van der Waals surface area contributed by atoms with Crippen molar-refractivity contribution in [1.29, 1.82) is 0 Å². The van der Waals surface area contributed by atoms with Gasteiger partial charge in [0.2, 0.25) is 0 Å². The Morgan fingerprint density at radius 1 is 0.903 bits per heavy atom. The van der Waals surface area contributed by atoms with Crippen molar-refractivity contribution in [2.75, 3.05) is 0 Å². The van der Waals surface area contributed by atoms with Crippen LogP contribution in [0.15, 0.2) is 54.7 Å². The Hall–Kier alpha value is -2.06. The normalized spacial score (nSPS) is 30.2. The minimum atomic E-state index is 0.564. The Kier molecular flexibility index (Phi) is 4.76. The van der Waals surface area contributed by atoms with Gasteiger partial charge in [0.1, 0.15) is 0 Å². The van der Waals surface area contributed by atoms with Crippen LogP contribution in [0, 0.1) is 30.1 Å². The molecule has 2 nitrogen and oxygen atoms in total. The van der Waals surface area contributed by atoms with Crippen LogP contribution in [0.5, 0.6) is 0 Å². The van der Waals surface area contributed by atoms with E-state index in [2.05, 4.69) is 78.5 Å². The van der Waals surface area contributed by atoms with Crippen LogP contribution in [0.4, 0.5) is 0 Å². The highest BCUT2D eigenvalue weighted by Gasteiger charge is 2.52. The van der Waals surface area contributed by atoms with Crippen LogP contribution in [0.25, 0.3) is 10.9 Å². The molecule has 1 heterocycles. The lowest BCUT2D eigenvalue weighted by molar-refractivity contribution is -0.0706. The van der Waals surface area contributed by atoms with Crippen molar-refractivity contribution in [1.82, 2.24) is 9.88 Å². The number of hydrogen-bond acceptors (Lipinski definition) is 1. The van der Waals surface area contributed by atoms with Gasteiger partial charge in [0.25, 0.3) is 0 Å². The van der Waals surface area contributed by atoms with E-state index in [0.29, 0.717) is 11.5 Å². The summed E-state index contributed by atoms with van der Waals surface area (Å²) in [5.41, 5.74) is 6.14. The lowest BCUT2D eigenvalue weighted by Crippen LogP contribution is -2.54. The third kappa shape index (κ3) is 3.44. The monoisotopic (exact) mass is 412 g/mol. The van der Waals surface area contributed by atoms with Crippen molar-refractivity contribution in [2.24, 2.45) is 23.2 Å². The van der Waals surface area contributed by atoms with Gasteiger partial charge in [-0.15, -0.1) is 0 Å². The van der Waals surface area contributed by atoms with Gasteiger partial charge in [-0.05, 0) is 98.3 Å². The first-order valence-corrected chi connectivity index (χ1v) is 12.4.